The first-order valence-electron chi connectivity index (χ1n) is 7.31. The van der Waals surface area contributed by atoms with Gasteiger partial charge in [-0.05, 0) is 25.3 Å². The summed E-state index contributed by atoms with van der Waals surface area (Å²) in [7, 11) is 0. The maximum absolute atomic E-state index is 11.3. The van der Waals surface area contributed by atoms with E-state index in [-0.39, 0.29) is 6.04 Å². The van der Waals surface area contributed by atoms with Gasteiger partial charge in [-0.3, -0.25) is 0 Å². The fourth-order valence-corrected chi connectivity index (χ4v) is 2.13. The van der Waals surface area contributed by atoms with Gasteiger partial charge in [0.15, 0.2) is 0 Å². The van der Waals surface area contributed by atoms with Gasteiger partial charge in [-0.1, -0.05) is 43.2 Å². The van der Waals surface area contributed by atoms with Crippen molar-refractivity contribution in [3.63, 3.8) is 0 Å². The highest BCUT2D eigenvalue weighted by Crippen LogP contribution is 2.10. The molecule has 0 heterocycles. The summed E-state index contributed by atoms with van der Waals surface area (Å²) in [6.45, 7) is 2.39. The third kappa shape index (κ3) is 6.77. The van der Waals surface area contributed by atoms with Gasteiger partial charge in [-0.25, -0.2) is 15.2 Å². The number of unbranched alkanes of at least 4 members (excludes halogenated alkanes) is 3. The number of amides is 1. The Bertz CT molecular complexity index is 456. The summed E-state index contributed by atoms with van der Waals surface area (Å²) in [6, 6.07) is 11.7. The molecule has 114 valence electrons. The van der Waals surface area contributed by atoms with Crippen molar-refractivity contribution in [3.05, 3.63) is 35.9 Å². The lowest BCUT2D eigenvalue weighted by Gasteiger charge is -2.27. The van der Waals surface area contributed by atoms with Crippen molar-refractivity contribution in [2.45, 2.75) is 51.6 Å². The van der Waals surface area contributed by atoms with E-state index in [1.807, 2.05) is 37.3 Å². The molecule has 0 unspecified atom stereocenters. The Kier molecular flexibility index (Phi) is 7.92. The number of hydrazine groups is 1. The van der Waals surface area contributed by atoms with E-state index in [2.05, 4.69) is 11.5 Å². The van der Waals surface area contributed by atoms with Crippen molar-refractivity contribution in [2.75, 3.05) is 0 Å². The topological polar surface area (TPSA) is 76.4 Å². The number of carbonyl (C=O) groups is 1. The molecule has 0 radical (unpaired) electrons. The van der Waals surface area contributed by atoms with Crippen LogP contribution in [-0.4, -0.2) is 22.3 Å². The van der Waals surface area contributed by atoms with Crippen LogP contribution in [-0.2, 0) is 6.54 Å². The zero-order valence-electron chi connectivity index (χ0n) is 12.5. The minimum atomic E-state index is -0.963. The maximum Gasteiger partial charge on any atom is 0.422 e. The van der Waals surface area contributed by atoms with Gasteiger partial charge in [0, 0.05) is 19.0 Å². The second-order valence-electron chi connectivity index (χ2n) is 5.08. The van der Waals surface area contributed by atoms with Crippen LogP contribution in [0, 0.1) is 11.3 Å². The standard InChI is InChI=1S/C16H23N3O2/c1-14(9-5-2-3-8-12-17)19(16(20)21)18-13-15-10-6-4-7-11-15/h4,6-7,10-11,14,18H,2-3,5,8-9,13H2,1H3,(H,20,21)/t14-/m1/s1. The van der Waals surface area contributed by atoms with Crippen molar-refractivity contribution in [1.82, 2.24) is 10.4 Å². The summed E-state index contributed by atoms with van der Waals surface area (Å²) in [5.74, 6) is 0. The van der Waals surface area contributed by atoms with Crippen molar-refractivity contribution in [3.8, 4) is 6.07 Å². The van der Waals surface area contributed by atoms with Crippen LogP contribution in [0.25, 0.3) is 0 Å². The summed E-state index contributed by atoms with van der Waals surface area (Å²) in [4.78, 5) is 11.3. The molecule has 0 fully saturated rings. The van der Waals surface area contributed by atoms with Crippen molar-refractivity contribution < 1.29 is 9.90 Å². The molecule has 0 aliphatic rings. The van der Waals surface area contributed by atoms with Gasteiger partial charge < -0.3 is 5.11 Å². The molecule has 1 aromatic carbocycles. The van der Waals surface area contributed by atoms with E-state index in [1.165, 1.54) is 5.01 Å². The van der Waals surface area contributed by atoms with Gasteiger partial charge in [0.1, 0.15) is 0 Å². The van der Waals surface area contributed by atoms with Gasteiger partial charge in [-0.15, -0.1) is 0 Å². The van der Waals surface area contributed by atoms with E-state index in [9.17, 15) is 9.90 Å². The summed E-state index contributed by atoms with van der Waals surface area (Å²) in [6.07, 6.45) is 3.18. The van der Waals surface area contributed by atoms with Crippen LogP contribution < -0.4 is 5.43 Å². The molecule has 2 N–H and O–H groups in total. The molecule has 1 amide bonds. The highest BCUT2D eigenvalue weighted by atomic mass is 16.4. The van der Waals surface area contributed by atoms with E-state index >= 15 is 0 Å². The van der Waals surface area contributed by atoms with Crippen molar-refractivity contribution in [2.24, 2.45) is 0 Å². The molecule has 1 atom stereocenters. The molecule has 0 aliphatic heterocycles. The van der Waals surface area contributed by atoms with Crippen LogP contribution in [0.4, 0.5) is 4.79 Å². The number of nitrogens with zero attached hydrogens (tertiary/aromatic N) is 2. The Morgan fingerprint density at radius 1 is 1.33 bits per heavy atom. The predicted octanol–water partition coefficient (Wildman–Crippen LogP) is 3.53. The zero-order chi connectivity index (χ0) is 15.5. The van der Waals surface area contributed by atoms with Crippen LogP contribution in [0.2, 0.25) is 0 Å². The molecule has 1 aromatic rings. The highest BCUT2D eigenvalue weighted by molar-refractivity contribution is 5.64. The number of rotatable bonds is 9. The maximum atomic E-state index is 11.3. The molecule has 0 aliphatic carbocycles. The van der Waals surface area contributed by atoms with Crippen molar-refractivity contribution >= 4 is 6.09 Å². The van der Waals surface area contributed by atoms with E-state index in [0.717, 1.165) is 31.2 Å². The normalized spacial score (nSPS) is 11.6. The fourth-order valence-electron chi connectivity index (χ4n) is 2.13. The van der Waals surface area contributed by atoms with Crippen LogP contribution in [0.5, 0.6) is 0 Å². The summed E-state index contributed by atoms with van der Waals surface area (Å²) in [5, 5.41) is 19.0. The van der Waals surface area contributed by atoms with Crippen LogP contribution in [0.1, 0.15) is 44.6 Å². The second-order valence-corrected chi connectivity index (χ2v) is 5.08. The van der Waals surface area contributed by atoms with E-state index < -0.39 is 6.09 Å². The van der Waals surface area contributed by atoms with Gasteiger partial charge in [0.2, 0.25) is 0 Å². The number of benzene rings is 1. The first-order chi connectivity index (χ1) is 10.1. The third-order valence-corrected chi connectivity index (χ3v) is 3.35. The molecule has 5 nitrogen and oxygen atoms in total. The van der Waals surface area contributed by atoms with E-state index in [4.69, 9.17) is 5.26 Å². The van der Waals surface area contributed by atoms with Gasteiger partial charge in [0.05, 0.1) is 6.07 Å². The Morgan fingerprint density at radius 3 is 2.67 bits per heavy atom. The number of carboxylic acid groups (broad SMARTS) is 1. The number of nitriles is 1. The lowest BCUT2D eigenvalue weighted by atomic mass is 10.1. The monoisotopic (exact) mass is 289 g/mol. The Balaban J connectivity index is 2.38. The molecule has 0 bridgehead atoms. The summed E-state index contributed by atoms with van der Waals surface area (Å²) < 4.78 is 0. The quantitative estimate of drug-likeness (QED) is 0.538. The first-order valence-corrected chi connectivity index (χ1v) is 7.31. The molecular weight excluding hydrogens is 266 g/mol. The Labute approximate surface area is 126 Å². The number of nitrogens with one attached hydrogen (secondary N) is 1. The van der Waals surface area contributed by atoms with Crippen molar-refractivity contribution in [1.29, 1.82) is 5.26 Å². The van der Waals surface area contributed by atoms with Crippen LogP contribution in [0.15, 0.2) is 30.3 Å². The summed E-state index contributed by atoms with van der Waals surface area (Å²) >= 11 is 0. The number of hydrogen-bond acceptors (Lipinski definition) is 3. The molecule has 1 rings (SSSR count). The lowest BCUT2D eigenvalue weighted by Crippen LogP contribution is -2.47. The molecular formula is C16H23N3O2. The van der Waals surface area contributed by atoms with Gasteiger partial charge in [0.25, 0.3) is 0 Å². The van der Waals surface area contributed by atoms with E-state index in [0.29, 0.717) is 13.0 Å². The highest BCUT2D eigenvalue weighted by Gasteiger charge is 2.18. The molecule has 0 aromatic heterocycles. The lowest BCUT2D eigenvalue weighted by molar-refractivity contribution is 0.0919. The molecule has 21 heavy (non-hydrogen) atoms. The zero-order valence-corrected chi connectivity index (χ0v) is 12.5. The predicted molar refractivity (Wildman–Crippen MR) is 81.3 cm³/mol. The minimum absolute atomic E-state index is 0.0895. The molecule has 0 spiro atoms. The average molecular weight is 289 g/mol. The van der Waals surface area contributed by atoms with Crippen LogP contribution in [0.3, 0.4) is 0 Å². The summed E-state index contributed by atoms with van der Waals surface area (Å²) in [5.41, 5.74) is 4.02. The van der Waals surface area contributed by atoms with Crippen LogP contribution >= 0.6 is 0 Å². The van der Waals surface area contributed by atoms with E-state index in [1.54, 1.807) is 0 Å². The molecule has 0 saturated carbocycles. The SMILES string of the molecule is C[C@H](CCCCCC#N)N(NCc1ccccc1)C(=O)O. The largest absolute Gasteiger partial charge is 0.464 e. The molecule has 0 saturated heterocycles. The average Bonchev–Trinajstić information content (AvgIpc) is 2.48. The smallest absolute Gasteiger partial charge is 0.422 e. The minimum Gasteiger partial charge on any atom is -0.464 e. The molecule has 5 heteroatoms. The number of hydrogen-bond donors (Lipinski definition) is 2. The Hall–Kier alpha value is -2.06. The van der Waals surface area contributed by atoms with Gasteiger partial charge in [-0.2, -0.15) is 5.26 Å². The third-order valence-electron chi connectivity index (χ3n) is 3.35. The van der Waals surface area contributed by atoms with Gasteiger partial charge >= 0.3 is 6.09 Å². The first kappa shape index (κ1) is 17.0. The fraction of sp³-hybridized carbons (Fsp3) is 0.500. The Morgan fingerprint density at radius 2 is 2.05 bits per heavy atom. The second kappa shape index (κ2) is 9.78.